The molecule has 1 amide bonds. The van der Waals surface area contributed by atoms with Gasteiger partial charge in [0.1, 0.15) is 0 Å². The van der Waals surface area contributed by atoms with E-state index < -0.39 is 0 Å². The van der Waals surface area contributed by atoms with Crippen molar-refractivity contribution in [3.8, 4) is 0 Å². The summed E-state index contributed by atoms with van der Waals surface area (Å²) in [5.41, 5.74) is 5.75. The van der Waals surface area contributed by atoms with Gasteiger partial charge in [-0.3, -0.25) is 4.79 Å². The molecule has 0 aromatic carbocycles. The van der Waals surface area contributed by atoms with Gasteiger partial charge in [0.2, 0.25) is 5.91 Å². The van der Waals surface area contributed by atoms with E-state index in [2.05, 4.69) is 16.7 Å². The minimum atomic E-state index is 0.130. The standard InChI is InChI=1S/C17H33N3O/c1-14-7-10-19(11-8-14)12-16-4-3-9-20(13-16)17(21)6-5-15(2)18/h14-16H,3-13,18H2,1-2H3. The molecule has 0 aromatic rings. The van der Waals surface area contributed by atoms with E-state index in [0.717, 1.165) is 25.4 Å². The molecule has 2 fully saturated rings. The van der Waals surface area contributed by atoms with Crippen LogP contribution in [0, 0.1) is 11.8 Å². The number of piperidine rings is 2. The molecule has 0 bridgehead atoms. The number of likely N-dealkylation sites (tertiary alicyclic amines) is 2. The Labute approximate surface area is 130 Å². The summed E-state index contributed by atoms with van der Waals surface area (Å²) in [4.78, 5) is 16.9. The lowest BCUT2D eigenvalue weighted by atomic mass is 9.94. The second kappa shape index (κ2) is 8.14. The molecule has 2 rings (SSSR count). The molecular weight excluding hydrogens is 262 g/mol. The summed E-state index contributed by atoms with van der Waals surface area (Å²) >= 11 is 0. The lowest BCUT2D eigenvalue weighted by Gasteiger charge is -2.38. The normalized spacial score (nSPS) is 26.8. The average Bonchev–Trinajstić information content (AvgIpc) is 2.47. The fourth-order valence-electron chi connectivity index (χ4n) is 3.56. The zero-order chi connectivity index (χ0) is 15.2. The molecule has 4 nitrogen and oxygen atoms in total. The fourth-order valence-corrected chi connectivity index (χ4v) is 3.56. The maximum absolute atomic E-state index is 12.2. The first-order chi connectivity index (χ1) is 10.0. The zero-order valence-corrected chi connectivity index (χ0v) is 13.9. The van der Waals surface area contributed by atoms with Gasteiger partial charge >= 0.3 is 0 Å². The SMILES string of the molecule is CC(N)CCC(=O)N1CCCC(CN2CCC(C)CC2)C1. The van der Waals surface area contributed by atoms with Crippen molar-refractivity contribution in [1.29, 1.82) is 0 Å². The van der Waals surface area contributed by atoms with Crippen LogP contribution in [0.4, 0.5) is 0 Å². The zero-order valence-electron chi connectivity index (χ0n) is 13.9. The molecule has 0 aliphatic carbocycles. The van der Waals surface area contributed by atoms with Crippen molar-refractivity contribution in [2.75, 3.05) is 32.7 Å². The molecule has 2 N–H and O–H groups in total. The number of hydrogen-bond donors (Lipinski definition) is 1. The van der Waals surface area contributed by atoms with Crippen LogP contribution < -0.4 is 5.73 Å². The molecule has 0 radical (unpaired) electrons. The van der Waals surface area contributed by atoms with Crippen LogP contribution in [-0.2, 0) is 4.79 Å². The third-order valence-corrected chi connectivity index (χ3v) is 5.08. The fraction of sp³-hybridized carbons (Fsp3) is 0.941. The van der Waals surface area contributed by atoms with Gasteiger partial charge in [0, 0.05) is 32.1 Å². The van der Waals surface area contributed by atoms with E-state index in [1.807, 2.05) is 6.92 Å². The first-order valence-corrected chi connectivity index (χ1v) is 8.80. The van der Waals surface area contributed by atoms with E-state index in [9.17, 15) is 4.79 Å². The van der Waals surface area contributed by atoms with Gasteiger partial charge in [-0.1, -0.05) is 6.92 Å². The van der Waals surface area contributed by atoms with Gasteiger partial charge in [-0.05, 0) is 64.0 Å². The second-order valence-corrected chi connectivity index (χ2v) is 7.35. The summed E-state index contributed by atoms with van der Waals surface area (Å²) in [6, 6.07) is 0.130. The van der Waals surface area contributed by atoms with Crippen molar-refractivity contribution in [2.45, 2.75) is 58.4 Å². The largest absolute Gasteiger partial charge is 0.342 e. The first-order valence-electron chi connectivity index (χ1n) is 8.80. The van der Waals surface area contributed by atoms with E-state index in [-0.39, 0.29) is 6.04 Å². The summed E-state index contributed by atoms with van der Waals surface area (Å²) in [5, 5.41) is 0. The lowest BCUT2D eigenvalue weighted by Crippen LogP contribution is -2.45. The highest BCUT2D eigenvalue weighted by molar-refractivity contribution is 5.76. The molecular formula is C17H33N3O. The molecule has 21 heavy (non-hydrogen) atoms. The highest BCUT2D eigenvalue weighted by atomic mass is 16.2. The third-order valence-electron chi connectivity index (χ3n) is 5.08. The molecule has 2 aliphatic heterocycles. The smallest absolute Gasteiger partial charge is 0.222 e. The van der Waals surface area contributed by atoms with Crippen molar-refractivity contribution in [3.63, 3.8) is 0 Å². The van der Waals surface area contributed by atoms with Gasteiger partial charge in [0.05, 0.1) is 0 Å². The Bertz CT molecular complexity index is 324. The maximum Gasteiger partial charge on any atom is 0.222 e. The topological polar surface area (TPSA) is 49.6 Å². The van der Waals surface area contributed by atoms with Crippen LogP contribution in [0.15, 0.2) is 0 Å². The Morgan fingerprint density at radius 2 is 1.95 bits per heavy atom. The quantitative estimate of drug-likeness (QED) is 0.845. The van der Waals surface area contributed by atoms with Gasteiger partial charge in [-0.2, -0.15) is 0 Å². The molecule has 4 heteroatoms. The van der Waals surface area contributed by atoms with E-state index >= 15 is 0 Å². The Balaban J connectivity index is 1.74. The van der Waals surface area contributed by atoms with Gasteiger partial charge in [-0.25, -0.2) is 0 Å². The Hall–Kier alpha value is -0.610. The number of nitrogens with two attached hydrogens (primary N) is 1. The van der Waals surface area contributed by atoms with Gasteiger partial charge < -0.3 is 15.5 Å². The minimum absolute atomic E-state index is 0.130. The summed E-state index contributed by atoms with van der Waals surface area (Å²) in [6.07, 6.45) is 6.55. The number of amides is 1. The van der Waals surface area contributed by atoms with Gasteiger partial charge in [0.15, 0.2) is 0 Å². The predicted octanol–water partition coefficient (Wildman–Crippen LogP) is 2.08. The molecule has 2 unspecified atom stereocenters. The van der Waals surface area contributed by atoms with Crippen molar-refractivity contribution in [1.82, 2.24) is 9.80 Å². The molecule has 2 saturated heterocycles. The predicted molar refractivity (Wildman–Crippen MR) is 87.0 cm³/mol. The van der Waals surface area contributed by atoms with E-state index in [1.54, 1.807) is 0 Å². The highest BCUT2D eigenvalue weighted by Gasteiger charge is 2.26. The number of carbonyl (C=O) groups is 1. The highest BCUT2D eigenvalue weighted by Crippen LogP contribution is 2.22. The average molecular weight is 295 g/mol. The molecule has 2 aliphatic rings. The Kier molecular flexibility index (Phi) is 6.49. The van der Waals surface area contributed by atoms with Crippen molar-refractivity contribution in [2.24, 2.45) is 17.6 Å². The minimum Gasteiger partial charge on any atom is -0.342 e. The van der Waals surface area contributed by atoms with Crippen LogP contribution in [0.1, 0.15) is 52.4 Å². The summed E-state index contributed by atoms with van der Waals surface area (Å²) < 4.78 is 0. The molecule has 0 spiro atoms. The number of hydrogen-bond acceptors (Lipinski definition) is 3. The molecule has 0 aromatic heterocycles. The second-order valence-electron chi connectivity index (χ2n) is 7.35. The number of nitrogens with zero attached hydrogens (tertiary/aromatic N) is 2. The van der Waals surface area contributed by atoms with E-state index in [1.165, 1.54) is 45.3 Å². The maximum atomic E-state index is 12.2. The van der Waals surface area contributed by atoms with E-state index in [0.29, 0.717) is 18.2 Å². The van der Waals surface area contributed by atoms with Crippen LogP contribution in [0.2, 0.25) is 0 Å². The monoisotopic (exact) mass is 295 g/mol. The third kappa shape index (κ3) is 5.59. The number of rotatable bonds is 5. The molecule has 2 heterocycles. The molecule has 2 atom stereocenters. The van der Waals surface area contributed by atoms with Gasteiger partial charge in [0.25, 0.3) is 0 Å². The van der Waals surface area contributed by atoms with Crippen molar-refractivity contribution in [3.05, 3.63) is 0 Å². The summed E-state index contributed by atoms with van der Waals surface area (Å²) in [5.74, 6) is 1.87. The van der Waals surface area contributed by atoms with Crippen molar-refractivity contribution >= 4 is 5.91 Å². The Morgan fingerprint density at radius 3 is 2.62 bits per heavy atom. The van der Waals surface area contributed by atoms with Crippen molar-refractivity contribution < 1.29 is 4.79 Å². The summed E-state index contributed by atoms with van der Waals surface area (Å²) in [6.45, 7) is 9.92. The summed E-state index contributed by atoms with van der Waals surface area (Å²) in [7, 11) is 0. The van der Waals surface area contributed by atoms with Crippen LogP contribution >= 0.6 is 0 Å². The van der Waals surface area contributed by atoms with Crippen LogP contribution in [0.3, 0.4) is 0 Å². The van der Waals surface area contributed by atoms with Gasteiger partial charge in [-0.15, -0.1) is 0 Å². The molecule has 122 valence electrons. The lowest BCUT2D eigenvalue weighted by molar-refractivity contribution is -0.133. The number of carbonyl (C=O) groups excluding carboxylic acids is 1. The first kappa shape index (κ1) is 16.8. The van der Waals surface area contributed by atoms with Crippen LogP contribution in [0.25, 0.3) is 0 Å². The molecule has 0 saturated carbocycles. The van der Waals surface area contributed by atoms with Crippen LogP contribution in [0.5, 0.6) is 0 Å². The Morgan fingerprint density at radius 1 is 1.24 bits per heavy atom. The van der Waals surface area contributed by atoms with Crippen LogP contribution in [-0.4, -0.2) is 54.5 Å². The van der Waals surface area contributed by atoms with E-state index in [4.69, 9.17) is 5.73 Å².